The molecule has 96 valence electrons. The van der Waals surface area contributed by atoms with Gasteiger partial charge >= 0.3 is 0 Å². The van der Waals surface area contributed by atoms with Gasteiger partial charge in [0.15, 0.2) is 5.82 Å². The van der Waals surface area contributed by atoms with Crippen LogP contribution in [0.1, 0.15) is 32.4 Å². The first-order chi connectivity index (χ1) is 8.63. The first-order valence-corrected chi connectivity index (χ1v) is 7.99. The van der Waals surface area contributed by atoms with Crippen LogP contribution in [0.15, 0.2) is 16.8 Å². The summed E-state index contributed by atoms with van der Waals surface area (Å²) in [5.41, 5.74) is 2.21. The van der Waals surface area contributed by atoms with Crippen molar-refractivity contribution in [2.24, 2.45) is 0 Å². The Hall–Kier alpha value is -0.690. The maximum absolute atomic E-state index is 4.71. The van der Waals surface area contributed by atoms with Gasteiger partial charge in [-0.15, -0.1) is 0 Å². The van der Waals surface area contributed by atoms with Crippen LogP contribution in [0.5, 0.6) is 0 Å². The minimum Gasteiger partial charge on any atom is -0.369 e. The normalized spacial score (nSPS) is 10.9. The van der Waals surface area contributed by atoms with Gasteiger partial charge in [0, 0.05) is 17.5 Å². The van der Waals surface area contributed by atoms with Gasteiger partial charge in [-0.2, -0.15) is 11.3 Å². The average Bonchev–Trinajstić information content (AvgIpc) is 2.85. The number of halogens is 1. The quantitative estimate of drug-likeness (QED) is 0.809. The molecule has 0 radical (unpaired) electrons. The van der Waals surface area contributed by atoms with Gasteiger partial charge in [0.25, 0.3) is 0 Å². The van der Waals surface area contributed by atoms with E-state index >= 15 is 0 Å². The van der Waals surface area contributed by atoms with Crippen LogP contribution in [-0.4, -0.2) is 16.5 Å². The molecule has 0 atom stereocenters. The lowest BCUT2D eigenvalue weighted by Gasteiger charge is -2.13. The third-order valence-electron chi connectivity index (χ3n) is 2.55. The predicted octanol–water partition coefficient (Wildman–Crippen LogP) is 4.36. The Kier molecular flexibility index (Phi) is 4.55. The second kappa shape index (κ2) is 5.97. The summed E-state index contributed by atoms with van der Waals surface area (Å²) in [7, 11) is 0. The monoisotopic (exact) mass is 373 g/mol. The van der Waals surface area contributed by atoms with Crippen molar-refractivity contribution < 1.29 is 0 Å². The van der Waals surface area contributed by atoms with Crippen molar-refractivity contribution in [2.75, 3.05) is 11.9 Å². The summed E-state index contributed by atoms with van der Waals surface area (Å²) in [6.45, 7) is 7.28. The van der Waals surface area contributed by atoms with E-state index in [0.717, 1.165) is 33.0 Å². The summed E-state index contributed by atoms with van der Waals surface area (Å²) in [6, 6.07) is 2.06. The number of rotatable bonds is 4. The Morgan fingerprint density at radius 2 is 2.17 bits per heavy atom. The number of nitrogens with zero attached hydrogens (tertiary/aromatic N) is 2. The lowest BCUT2D eigenvalue weighted by atomic mass is 10.1. The van der Waals surface area contributed by atoms with Crippen LogP contribution in [0, 0.1) is 3.57 Å². The van der Waals surface area contributed by atoms with Crippen LogP contribution < -0.4 is 5.32 Å². The molecule has 2 aromatic rings. The molecule has 0 fully saturated rings. The molecule has 0 aliphatic rings. The van der Waals surface area contributed by atoms with Gasteiger partial charge in [0.05, 0.1) is 9.26 Å². The smallest absolute Gasteiger partial charge is 0.162 e. The Balaban J connectivity index is 2.55. The third-order valence-corrected chi connectivity index (χ3v) is 4.29. The second-order valence-corrected chi connectivity index (χ2v) is 6.15. The maximum atomic E-state index is 4.71. The molecule has 2 rings (SSSR count). The van der Waals surface area contributed by atoms with Crippen molar-refractivity contribution >= 4 is 39.7 Å². The van der Waals surface area contributed by atoms with Crippen LogP contribution in [0.3, 0.4) is 0 Å². The first kappa shape index (κ1) is 13.7. The van der Waals surface area contributed by atoms with Crippen LogP contribution >= 0.6 is 33.9 Å². The molecule has 0 aromatic carbocycles. The summed E-state index contributed by atoms with van der Waals surface area (Å²) in [5, 5.41) is 7.46. The van der Waals surface area contributed by atoms with Crippen molar-refractivity contribution in [3.63, 3.8) is 0 Å². The second-order valence-electron chi connectivity index (χ2n) is 4.29. The molecule has 0 spiro atoms. The minimum atomic E-state index is 0.398. The lowest BCUT2D eigenvalue weighted by Crippen LogP contribution is -2.08. The molecule has 18 heavy (non-hydrogen) atoms. The number of hydrogen-bond donors (Lipinski definition) is 1. The van der Waals surface area contributed by atoms with Crippen LogP contribution in [0.4, 0.5) is 5.82 Å². The van der Waals surface area contributed by atoms with Gasteiger partial charge in [-0.25, -0.2) is 9.97 Å². The fourth-order valence-electron chi connectivity index (χ4n) is 1.65. The highest BCUT2D eigenvalue weighted by Gasteiger charge is 2.15. The highest BCUT2D eigenvalue weighted by atomic mass is 127. The minimum absolute atomic E-state index is 0.398. The largest absolute Gasteiger partial charge is 0.369 e. The molecule has 3 nitrogen and oxygen atoms in total. The topological polar surface area (TPSA) is 37.8 Å². The average molecular weight is 373 g/mol. The van der Waals surface area contributed by atoms with Crippen molar-refractivity contribution in [2.45, 2.75) is 26.7 Å². The van der Waals surface area contributed by atoms with Crippen LogP contribution in [0.2, 0.25) is 0 Å². The van der Waals surface area contributed by atoms with Crippen molar-refractivity contribution in [3.05, 3.63) is 26.1 Å². The zero-order valence-electron chi connectivity index (χ0n) is 10.7. The van der Waals surface area contributed by atoms with Crippen molar-refractivity contribution in [1.82, 2.24) is 9.97 Å². The van der Waals surface area contributed by atoms with E-state index in [2.05, 4.69) is 70.5 Å². The molecule has 1 N–H and O–H groups in total. The van der Waals surface area contributed by atoms with Gasteiger partial charge in [0.2, 0.25) is 0 Å². The van der Waals surface area contributed by atoms with Gasteiger partial charge in [-0.05, 0) is 46.9 Å². The number of hydrogen-bond acceptors (Lipinski definition) is 4. The van der Waals surface area contributed by atoms with Gasteiger partial charge in [-0.1, -0.05) is 13.8 Å². The third kappa shape index (κ3) is 2.83. The maximum Gasteiger partial charge on any atom is 0.162 e. The van der Waals surface area contributed by atoms with Crippen LogP contribution in [-0.2, 0) is 0 Å². The van der Waals surface area contributed by atoms with Gasteiger partial charge < -0.3 is 5.32 Å². The van der Waals surface area contributed by atoms with E-state index in [0.29, 0.717) is 5.92 Å². The predicted molar refractivity (Wildman–Crippen MR) is 86.3 cm³/mol. The van der Waals surface area contributed by atoms with Crippen LogP contribution in [0.25, 0.3) is 11.4 Å². The number of thiophene rings is 1. The Morgan fingerprint density at radius 3 is 2.72 bits per heavy atom. The summed E-state index contributed by atoms with van der Waals surface area (Å²) in [6.07, 6.45) is 0. The highest BCUT2D eigenvalue weighted by Crippen LogP contribution is 2.28. The van der Waals surface area contributed by atoms with Crippen molar-refractivity contribution in [1.29, 1.82) is 0 Å². The molecular weight excluding hydrogens is 357 g/mol. The van der Waals surface area contributed by atoms with E-state index in [1.807, 2.05) is 0 Å². The Labute approximate surface area is 125 Å². The zero-order valence-corrected chi connectivity index (χ0v) is 13.7. The lowest BCUT2D eigenvalue weighted by molar-refractivity contribution is 0.808. The summed E-state index contributed by atoms with van der Waals surface area (Å²) in [4.78, 5) is 9.33. The highest BCUT2D eigenvalue weighted by molar-refractivity contribution is 14.1. The summed E-state index contributed by atoms with van der Waals surface area (Å²) < 4.78 is 1.13. The van der Waals surface area contributed by atoms with Gasteiger partial charge in [-0.3, -0.25) is 0 Å². The molecular formula is C13H16IN3S. The number of aromatic nitrogens is 2. The molecule has 0 aliphatic heterocycles. The molecule has 0 aliphatic carbocycles. The van der Waals surface area contributed by atoms with E-state index in [9.17, 15) is 0 Å². The van der Waals surface area contributed by atoms with Gasteiger partial charge in [0.1, 0.15) is 5.82 Å². The molecule has 2 heterocycles. The number of nitrogens with one attached hydrogen (secondary N) is 1. The Morgan fingerprint density at radius 1 is 1.39 bits per heavy atom. The summed E-state index contributed by atoms with van der Waals surface area (Å²) >= 11 is 4.00. The molecule has 0 saturated carbocycles. The van der Waals surface area contributed by atoms with Crippen molar-refractivity contribution in [3.8, 4) is 11.4 Å². The molecule has 2 aromatic heterocycles. The molecule has 5 heteroatoms. The molecule has 0 bridgehead atoms. The SMILES string of the molecule is CCNc1nc(-c2ccsc2)nc(C(C)C)c1I. The fraction of sp³-hybridized carbons (Fsp3) is 0.385. The van der Waals surface area contributed by atoms with E-state index in [4.69, 9.17) is 4.98 Å². The fourth-order valence-corrected chi connectivity index (χ4v) is 3.34. The first-order valence-electron chi connectivity index (χ1n) is 5.97. The molecule has 0 amide bonds. The zero-order chi connectivity index (χ0) is 13.1. The standard InChI is InChI=1S/C13H16IN3S/c1-4-15-13-10(14)11(8(2)3)16-12(17-13)9-5-6-18-7-9/h5-8H,4H2,1-3H3,(H,15,16,17). The van der Waals surface area contributed by atoms with E-state index < -0.39 is 0 Å². The number of anilines is 1. The molecule has 0 saturated heterocycles. The van der Waals surface area contributed by atoms with E-state index in [1.165, 1.54) is 0 Å². The van der Waals surface area contributed by atoms with E-state index in [-0.39, 0.29) is 0 Å². The summed E-state index contributed by atoms with van der Waals surface area (Å²) in [5.74, 6) is 2.16. The molecule has 0 unspecified atom stereocenters. The van der Waals surface area contributed by atoms with E-state index in [1.54, 1.807) is 11.3 Å². The Bertz CT molecular complexity index is 523.